The smallest absolute Gasteiger partial charge is 0.266 e. The summed E-state index contributed by atoms with van der Waals surface area (Å²) in [5.41, 5.74) is 3.65. The highest BCUT2D eigenvalue weighted by Gasteiger charge is 2.34. The predicted octanol–water partition coefficient (Wildman–Crippen LogP) is 3.91. The minimum Gasteiger partial charge on any atom is -0.494 e. The van der Waals surface area contributed by atoms with Crippen molar-refractivity contribution in [2.45, 2.75) is 27.3 Å². The Bertz CT molecular complexity index is 1210. The van der Waals surface area contributed by atoms with E-state index < -0.39 is 11.8 Å². The number of amides is 2. The highest BCUT2D eigenvalue weighted by atomic mass is 32.1. The summed E-state index contributed by atoms with van der Waals surface area (Å²) in [6.07, 6.45) is 3.14. The minimum absolute atomic E-state index is 0.0251. The summed E-state index contributed by atoms with van der Waals surface area (Å²) in [6.45, 7) is 6.63. The summed E-state index contributed by atoms with van der Waals surface area (Å²) in [4.78, 5) is 27.0. The molecule has 0 radical (unpaired) electrons. The SMILES string of the molecule is CCOc1ccc(-n2c(C)cc(/C=C3\C(=O)NC(=S)N(Cc4ccco4)C3=O)c2C)cc1. The molecule has 0 saturated carbocycles. The molecule has 2 amide bonds. The first kappa shape index (κ1) is 21.6. The number of carbonyl (C=O) groups is 2. The van der Waals surface area contributed by atoms with Crippen LogP contribution in [0.3, 0.4) is 0 Å². The van der Waals surface area contributed by atoms with Gasteiger partial charge >= 0.3 is 0 Å². The van der Waals surface area contributed by atoms with Gasteiger partial charge in [-0.25, -0.2) is 0 Å². The molecule has 0 spiro atoms. The fourth-order valence-electron chi connectivity index (χ4n) is 3.74. The maximum absolute atomic E-state index is 13.1. The van der Waals surface area contributed by atoms with E-state index in [0.717, 1.165) is 28.4 Å². The zero-order valence-corrected chi connectivity index (χ0v) is 18.9. The van der Waals surface area contributed by atoms with E-state index in [9.17, 15) is 9.59 Å². The van der Waals surface area contributed by atoms with Gasteiger partial charge in [0, 0.05) is 17.1 Å². The Labute approximate surface area is 191 Å². The van der Waals surface area contributed by atoms with Crippen LogP contribution in [0, 0.1) is 13.8 Å². The molecular formula is C24H23N3O4S. The molecule has 32 heavy (non-hydrogen) atoms. The lowest BCUT2D eigenvalue weighted by Crippen LogP contribution is -2.53. The van der Waals surface area contributed by atoms with E-state index in [-0.39, 0.29) is 17.2 Å². The van der Waals surface area contributed by atoms with E-state index in [4.69, 9.17) is 21.4 Å². The molecule has 1 aromatic carbocycles. The number of nitrogens with zero attached hydrogens (tertiary/aromatic N) is 2. The second-order valence-corrected chi connectivity index (χ2v) is 7.76. The number of carbonyl (C=O) groups excluding carboxylic acids is 2. The van der Waals surface area contributed by atoms with Crippen LogP contribution < -0.4 is 10.1 Å². The minimum atomic E-state index is -0.512. The predicted molar refractivity (Wildman–Crippen MR) is 124 cm³/mol. The van der Waals surface area contributed by atoms with Gasteiger partial charge in [-0.2, -0.15) is 0 Å². The van der Waals surface area contributed by atoms with Crippen LogP contribution in [0.1, 0.15) is 29.6 Å². The topological polar surface area (TPSA) is 76.7 Å². The first-order chi connectivity index (χ1) is 15.4. The molecule has 0 atom stereocenters. The molecule has 1 aliphatic rings. The second-order valence-electron chi connectivity index (χ2n) is 7.38. The fraction of sp³-hybridized carbons (Fsp3) is 0.208. The Morgan fingerprint density at radius 1 is 1.16 bits per heavy atom. The standard InChI is InChI=1S/C24H23N3O4S/c1-4-30-19-9-7-18(8-10-19)27-15(2)12-17(16(27)3)13-21-22(28)25-24(32)26(23(21)29)14-20-6-5-11-31-20/h5-13H,4,14H2,1-3H3,(H,25,28,32)/b21-13+. The monoisotopic (exact) mass is 449 g/mol. The maximum atomic E-state index is 13.1. The Hall–Kier alpha value is -3.65. The van der Waals surface area contributed by atoms with Crippen molar-refractivity contribution >= 4 is 35.2 Å². The van der Waals surface area contributed by atoms with E-state index >= 15 is 0 Å². The molecule has 1 N–H and O–H groups in total. The van der Waals surface area contributed by atoms with Gasteiger partial charge in [0.2, 0.25) is 0 Å². The maximum Gasteiger partial charge on any atom is 0.266 e. The fourth-order valence-corrected chi connectivity index (χ4v) is 3.98. The quantitative estimate of drug-likeness (QED) is 0.351. The Morgan fingerprint density at radius 2 is 1.91 bits per heavy atom. The number of rotatable bonds is 6. The molecule has 0 unspecified atom stereocenters. The molecule has 1 aliphatic heterocycles. The van der Waals surface area contributed by atoms with Crippen molar-refractivity contribution in [2.75, 3.05) is 6.61 Å². The van der Waals surface area contributed by atoms with Crippen LogP contribution in [0.5, 0.6) is 5.75 Å². The van der Waals surface area contributed by atoms with Crippen molar-refractivity contribution in [2.24, 2.45) is 0 Å². The summed E-state index contributed by atoms with van der Waals surface area (Å²) in [5.74, 6) is 0.408. The summed E-state index contributed by atoms with van der Waals surface area (Å²) in [6, 6.07) is 13.2. The first-order valence-corrected chi connectivity index (χ1v) is 10.6. The van der Waals surface area contributed by atoms with Crippen molar-refractivity contribution < 1.29 is 18.7 Å². The normalized spacial score (nSPS) is 15.4. The lowest BCUT2D eigenvalue weighted by molar-refractivity contribution is -0.129. The van der Waals surface area contributed by atoms with E-state index in [1.165, 1.54) is 11.2 Å². The zero-order chi connectivity index (χ0) is 22.8. The summed E-state index contributed by atoms with van der Waals surface area (Å²) >= 11 is 5.21. The van der Waals surface area contributed by atoms with Crippen LogP contribution in [0.25, 0.3) is 11.8 Å². The average Bonchev–Trinajstić information content (AvgIpc) is 3.37. The van der Waals surface area contributed by atoms with Crippen LogP contribution >= 0.6 is 12.2 Å². The molecule has 0 aliphatic carbocycles. The van der Waals surface area contributed by atoms with Gasteiger partial charge in [0.1, 0.15) is 17.1 Å². The van der Waals surface area contributed by atoms with Crippen LogP contribution in [0.4, 0.5) is 0 Å². The summed E-state index contributed by atoms with van der Waals surface area (Å²) in [7, 11) is 0. The number of benzene rings is 1. The van der Waals surface area contributed by atoms with Crippen molar-refractivity contribution in [3.05, 3.63) is 77.0 Å². The van der Waals surface area contributed by atoms with Crippen molar-refractivity contribution in [1.82, 2.24) is 14.8 Å². The van der Waals surface area contributed by atoms with Crippen LogP contribution in [-0.2, 0) is 16.1 Å². The van der Waals surface area contributed by atoms with Gasteiger partial charge in [-0.3, -0.25) is 19.8 Å². The number of aryl methyl sites for hydroxylation is 1. The lowest BCUT2D eigenvalue weighted by Gasteiger charge is -2.28. The second kappa shape index (κ2) is 8.84. The third-order valence-electron chi connectivity index (χ3n) is 5.26. The van der Waals surface area contributed by atoms with E-state index in [0.29, 0.717) is 12.4 Å². The number of hydrogen-bond acceptors (Lipinski definition) is 5. The highest BCUT2D eigenvalue weighted by molar-refractivity contribution is 7.80. The van der Waals surface area contributed by atoms with Gasteiger partial charge < -0.3 is 13.7 Å². The van der Waals surface area contributed by atoms with E-state index in [1.807, 2.05) is 51.1 Å². The van der Waals surface area contributed by atoms with Gasteiger partial charge in [-0.15, -0.1) is 0 Å². The molecule has 3 heterocycles. The van der Waals surface area contributed by atoms with Gasteiger partial charge in [0.25, 0.3) is 11.8 Å². The molecule has 1 fully saturated rings. The molecular weight excluding hydrogens is 426 g/mol. The van der Waals surface area contributed by atoms with Gasteiger partial charge in [-0.05, 0) is 87.1 Å². The van der Waals surface area contributed by atoms with Gasteiger partial charge in [0.05, 0.1) is 19.4 Å². The number of ether oxygens (including phenoxy) is 1. The molecule has 4 rings (SSSR count). The summed E-state index contributed by atoms with van der Waals surface area (Å²) in [5, 5.41) is 2.66. The van der Waals surface area contributed by atoms with E-state index in [1.54, 1.807) is 18.2 Å². The summed E-state index contributed by atoms with van der Waals surface area (Å²) < 4.78 is 12.9. The molecule has 8 heteroatoms. The van der Waals surface area contributed by atoms with Crippen molar-refractivity contribution in [3.8, 4) is 11.4 Å². The molecule has 7 nitrogen and oxygen atoms in total. The lowest BCUT2D eigenvalue weighted by atomic mass is 10.1. The number of nitrogens with one attached hydrogen (secondary N) is 1. The first-order valence-electron chi connectivity index (χ1n) is 10.2. The molecule has 1 saturated heterocycles. The Morgan fingerprint density at radius 3 is 2.56 bits per heavy atom. The van der Waals surface area contributed by atoms with E-state index in [2.05, 4.69) is 9.88 Å². The van der Waals surface area contributed by atoms with Gasteiger partial charge in [0.15, 0.2) is 5.11 Å². The number of furan rings is 1. The third kappa shape index (κ3) is 4.09. The van der Waals surface area contributed by atoms with Crippen molar-refractivity contribution in [3.63, 3.8) is 0 Å². The molecule has 164 valence electrons. The highest BCUT2D eigenvalue weighted by Crippen LogP contribution is 2.26. The number of hydrogen-bond donors (Lipinski definition) is 1. The molecule has 3 aromatic rings. The molecule has 2 aromatic heterocycles. The number of thiocarbonyl (C=S) groups is 1. The van der Waals surface area contributed by atoms with Crippen LogP contribution in [-0.4, -0.2) is 33.0 Å². The Balaban J connectivity index is 1.66. The molecule has 0 bridgehead atoms. The zero-order valence-electron chi connectivity index (χ0n) is 18.0. The van der Waals surface area contributed by atoms with Crippen LogP contribution in [0.2, 0.25) is 0 Å². The Kier molecular flexibility index (Phi) is 5.96. The number of aromatic nitrogens is 1. The largest absolute Gasteiger partial charge is 0.494 e. The third-order valence-corrected chi connectivity index (χ3v) is 5.58. The van der Waals surface area contributed by atoms with Crippen molar-refractivity contribution in [1.29, 1.82) is 0 Å². The van der Waals surface area contributed by atoms with Crippen LogP contribution in [0.15, 0.2) is 58.7 Å². The average molecular weight is 450 g/mol. The van der Waals surface area contributed by atoms with Gasteiger partial charge in [-0.1, -0.05) is 0 Å².